The second-order valence-electron chi connectivity index (χ2n) is 6.00. The fourth-order valence-corrected chi connectivity index (χ4v) is 3.05. The standard InChI is InChI=1S/C21H24O/c1-4-10-18(11-5-1)16-17-21(19-12-6-2-7-13-19)22-20-14-8-3-9-15-20/h1-2,4-7,10-13,16-17,20-21H,3,8-9,14-15H2/b17-16+. The SMILES string of the molecule is C(=C\C(OC1CCCCC1)c1ccccc1)/c1ccccc1. The van der Waals surface area contributed by atoms with Crippen LogP contribution in [0.5, 0.6) is 0 Å². The molecule has 22 heavy (non-hydrogen) atoms. The second kappa shape index (κ2) is 7.95. The molecule has 3 rings (SSSR count). The van der Waals surface area contributed by atoms with Crippen LogP contribution in [0.4, 0.5) is 0 Å². The summed E-state index contributed by atoms with van der Waals surface area (Å²) in [5.41, 5.74) is 2.45. The quantitative estimate of drug-likeness (QED) is 0.677. The molecule has 1 atom stereocenters. The Morgan fingerprint density at radius 1 is 0.818 bits per heavy atom. The molecular weight excluding hydrogens is 268 g/mol. The first-order valence-corrected chi connectivity index (χ1v) is 8.35. The maximum atomic E-state index is 6.41. The lowest BCUT2D eigenvalue weighted by Crippen LogP contribution is -2.19. The average Bonchev–Trinajstić information content (AvgIpc) is 2.61. The summed E-state index contributed by atoms with van der Waals surface area (Å²) in [6.07, 6.45) is 11.2. The highest BCUT2D eigenvalue weighted by Gasteiger charge is 2.18. The van der Waals surface area contributed by atoms with Gasteiger partial charge in [-0.25, -0.2) is 0 Å². The van der Waals surface area contributed by atoms with Crippen molar-refractivity contribution in [1.82, 2.24) is 0 Å². The Morgan fingerprint density at radius 2 is 1.45 bits per heavy atom. The van der Waals surface area contributed by atoms with Gasteiger partial charge in [-0.2, -0.15) is 0 Å². The summed E-state index contributed by atoms with van der Waals surface area (Å²) in [4.78, 5) is 0. The highest BCUT2D eigenvalue weighted by molar-refractivity contribution is 5.50. The fraction of sp³-hybridized carbons (Fsp3) is 0.333. The lowest BCUT2D eigenvalue weighted by molar-refractivity contribution is -0.00794. The van der Waals surface area contributed by atoms with Gasteiger partial charge in [-0.05, 0) is 24.0 Å². The molecule has 0 saturated heterocycles. The lowest BCUT2D eigenvalue weighted by Gasteiger charge is -2.26. The van der Waals surface area contributed by atoms with Crippen LogP contribution in [0.1, 0.15) is 49.3 Å². The monoisotopic (exact) mass is 292 g/mol. The van der Waals surface area contributed by atoms with Gasteiger partial charge in [0.2, 0.25) is 0 Å². The summed E-state index contributed by atoms with van der Waals surface area (Å²) in [5, 5.41) is 0. The van der Waals surface area contributed by atoms with Gasteiger partial charge < -0.3 is 4.74 Å². The summed E-state index contributed by atoms with van der Waals surface area (Å²) < 4.78 is 6.41. The molecule has 2 aromatic rings. The van der Waals surface area contributed by atoms with E-state index in [2.05, 4.69) is 66.7 Å². The minimum absolute atomic E-state index is 0.0458. The van der Waals surface area contributed by atoms with Crippen LogP contribution in [0.2, 0.25) is 0 Å². The van der Waals surface area contributed by atoms with Crippen molar-refractivity contribution < 1.29 is 4.74 Å². The normalized spacial score (nSPS) is 17.6. The van der Waals surface area contributed by atoms with Crippen molar-refractivity contribution in [2.45, 2.75) is 44.3 Å². The molecular formula is C21H24O. The number of benzene rings is 2. The molecule has 0 bridgehead atoms. The maximum Gasteiger partial charge on any atom is 0.101 e. The lowest BCUT2D eigenvalue weighted by atomic mass is 9.97. The molecule has 0 aliphatic heterocycles. The van der Waals surface area contributed by atoms with E-state index in [1.807, 2.05) is 6.07 Å². The highest BCUT2D eigenvalue weighted by atomic mass is 16.5. The molecule has 1 nitrogen and oxygen atoms in total. The van der Waals surface area contributed by atoms with E-state index >= 15 is 0 Å². The zero-order valence-corrected chi connectivity index (χ0v) is 13.0. The van der Waals surface area contributed by atoms with Gasteiger partial charge in [-0.3, -0.25) is 0 Å². The Hall–Kier alpha value is -1.86. The number of ether oxygens (including phenoxy) is 1. The van der Waals surface area contributed by atoms with Gasteiger partial charge in [0, 0.05) is 0 Å². The number of hydrogen-bond acceptors (Lipinski definition) is 1. The van der Waals surface area contributed by atoms with E-state index in [0.717, 1.165) is 0 Å². The van der Waals surface area contributed by atoms with Crippen LogP contribution in [-0.4, -0.2) is 6.10 Å². The second-order valence-corrected chi connectivity index (χ2v) is 6.00. The number of hydrogen-bond donors (Lipinski definition) is 0. The fourth-order valence-electron chi connectivity index (χ4n) is 3.05. The van der Waals surface area contributed by atoms with Crippen molar-refractivity contribution in [3.63, 3.8) is 0 Å². The molecule has 1 aliphatic carbocycles. The highest BCUT2D eigenvalue weighted by Crippen LogP contribution is 2.28. The minimum atomic E-state index is 0.0458. The first-order valence-electron chi connectivity index (χ1n) is 8.35. The van der Waals surface area contributed by atoms with Crippen molar-refractivity contribution in [3.8, 4) is 0 Å². The minimum Gasteiger partial charge on any atom is -0.366 e. The van der Waals surface area contributed by atoms with Crippen molar-refractivity contribution in [3.05, 3.63) is 77.9 Å². The van der Waals surface area contributed by atoms with Gasteiger partial charge in [0.1, 0.15) is 6.10 Å². The van der Waals surface area contributed by atoms with Gasteiger partial charge >= 0.3 is 0 Å². The summed E-state index contributed by atoms with van der Waals surface area (Å²) in [7, 11) is 0. The van der Waals surface area contributed by atoms with E-state index in [4.69, 9.17) is 4.74 Å². The van der Waals surface area contributed by atoms with E-state index in [0.29, 0.717) is 6.10 Å². The Labute approximate surface area is 133 Å². The zero-order valence-electron chi connectivity index (χ0n) is 13.0. The first-order chi connectivity index (χ1) is 10.9. The molecule has 0 spiro atoms. The molecule has 114 valence electrons. The van der Waals surface area contributed by atoms with Crippen LogP contribution in [0.25, 0.3) is 6.08 Å². The van der Waals surface area contributed by atoms with Crippen molar-refractivity contribution >= 4 is 6.08 Å². The van der Waals surface area contributed by atoms with E-state index in [1.165, 1.54) is 43.2 Å². The molecule has 0 amide bonds. The molecule has 1 heteroatoms. The Balaban J connectivity index is 1.75. The van der Waals surface area contributed by atoms with Crippen molar-refractivity contribution in [2.75, 3.05) is 0 Å². The summed E-state index contributed by atoms with van der Waals surface area (Å²) >= 11 is 0. The summed E-state index contributed by atoms with van der Waals surface area (Å²) in [6, 6.07) is 21.0. The molecule has 2 aromatic carbocycles. The predicted octanol–water partition coefficient (Wildman–Crippen LogP) is 5.79. The van der Waals surface area contributed by atoms with Crippen LogP contribution >= 0.6 is 0 Å². The third-order valence-corrected chi connectivity index (χ3v) is 4.28. The van der Waals surface area contributed by atoms with Crippen LogP contribution in [-0.2, 0) is 4.74 Å². The molecule has 1 saturated carbocycles. The van der Waals surface area contributed by atoms with E-state index in [1.54, 1.807) is 0 Å². The number of rotatable bonds is 5. The molecule has 0 heterocycles. The van der Waals surface area contributed by atoms with Crippen LogP contribution in [0.15, 0.2) is 66.7 Å². The topological polar surface area (TPSA) is 9.23 Å². The summed E-state index contributed by atoms with van der Waals surface area (Å²) in [6.45, 7) is 0. The van der Waals surface area contributed by atoms with Gasteiger partial charge in [-0.15, -0.1) is 0 Å². The molecule has 0 N–H and O–H groups in total. The van der Waals surface area contributed by atoms with E-state index in [-0.39, 0.29) is 6.10 Å². The molecule has 1 fully saturated rings. The average molecular weight is 292 g/mol. The van der Waals surface area contributed by atoms with Crippen LogP contribution < -0.4 is 0 Å². The predicted molar refractivity (Wildman–Crippen MR) is 92.6 cm³/mol. The summed E-state index contributed by atoms with van der Waals surface area (Å²) in [5.74, 6) is 0. The molecule has 0 radical (unpaired) electrons. The van der Waals surface area contributed by atoms with E-state index in [9.17, 15) is 0 Å². The third-order valence-electron chi connectivity index (χ3n) is 4.28. The first kappa shape index (κ1) is 15.1. The smallest absolute Gasteiger partial charge is 0.101 e. The maximum absolute atomic E-state index is 6.41. The van der Waals surface area contributed by atoms with Gasteiger partial charge in [0.25, 0.3) is 0 Å². The van der Waals surface area contributed by atoms with E-state index < -0.39 is 0 Å². The van der Waals surface area contributed by atoms with Gasteiger partial charge in [0.15, 0.2) is 0 Å². The van der Waals surface area contributed by atoms with Crippen LogP contribution in [0, 0.1) is 0 Å². The third kappa shape index (κ3) is 4.32. The molecule has 0 aromatic heterocycles. The molecule has 1 aliphatic rings. The van der Waals surface area contributed by atoms with Crippen molar-refractivity contribution in [1.29, 1.82) is 0 Å². The zero-order chi connectivity index (χ0) is 15.0. The van der Waals surface area contributed by atoms with Crippen LogP contribution in [0.3, 0.4) is 0 Å². The van der Waals surface area contributed by atoms with Gasteiger partial charge in [0.05, 0.1) is 6.10 Å². The Bertz CT molecular complexity index is 567. The Kier molecular flexibility index (Phi) is 5.44. The van der Waals surface area contributed by atoms with Gasteiger partial charge in [-0.1, -0.05) is 92.1 Å². The van der Waals surface area contributed by atoms with Crippen molar-refractivity contribution in [2.24, 2.45) is 0 Å². The molecule has 1 unspecified atom stereocenters. The largest absolute Gasteiger partial charge is 0.366 e. The Morgan fingerprint density at radius 3 is 2.14 bits per heavy atom.